The highest BCUT2D eigenvalue weighted by atomic mass is 32.2. The minimum absolute atomic E-state index is 0.0578. The van der Waals surface area contributed by atoms with Crippen LogP contribution >= 0.6 is 0 Å². The van der Waals surface area contributed by atoms with E-state index in [4.69, 9.17) is 0 Å². The summed E-state index contributed by atoms with van der Waals surface area (Å²) in [4.78, 5) is 12.0. The van der Waals surface area contributed by atoms with Gasteiger partial charge in [-0.3, -0.25) is 4.79 Å². The second-order valence-electron chi connectivity index (χ2n) is 4.43. The minimum Gasteiger partial charge on any atom is -0.349 e. The summed E-state index contributed by atoms with van der Waals surface area (Å²) in [5, 5.41) is 2.61. The predicted molar refractivity (Wildman–Crippen MR) is 88.1 cm³/mol. The molecule has 0 aliphatic heterocycles. The number of benzene rings is 1. The normalized spacial score (nSPS) is 11.0. The van der Waals surface area contributed by atoms with Gasteiger partial charge in [-0.05, 0) is 18.2 Å². The van der Waals surface area contributed by atoms with Crippen LogP contribution < -0.4 is 5.32 Å². The number of nitrogens with one attached hydrogen (secondary N) is 1. The van der Waals surface area contributed by atoms with Crippen molar-refractivity contribution >= 4 is 15.9 Å². The average molecular weight is 320 g/mol. The van der Waals surface area contributed by atoms with Gasteiger partial charge in [0.1, 0.15) is 0 Å². The first kappa shape index (κ1) is 17.9. The zero-order valence-electron chi connectivity index (χ0n) is 12.4. The molecule has 6 heteroatoms. The molecule has 5 nitrogen and oxygen atoms in total. The average Bonchev–Trinajstić information content (AvgIpc) is 2.52. The van der Waals surface area contributed by atoms with E-state index in [1.165, 1.54) is 34.7 Å². The van der Waals surface area contributed by atoms with Gasteiger partial charge in [0.15, 0.2) is 0 Å². The topological polar surface area (TPSA) is 66.5 Å². The van der Waals surface area contributed by atoms with Crippen molar-refractivity contribution in [3.8, 4) is 0 Å². The molecule has 0 saturated heterocycles. The third-order valence-electron chi connectivity index (χ3n) is 2.81. The summed E-state index contributed by atoms with van der Waals surface area (Å²) in [7, 11) is -3.71. The molecule has 0 bridgehead atoms. The van der Waals surface area contributed by atoms with Crippen LogP contribution in [0.15, 0.2) is 67.1 Å². The number of carbonyl (C=O) groups is 1. The number of rotatable bonds is 9. The molecule has 0 atom stereocenters. The fraction of sp³-hybridized carbons (Fsp3) is 0.188. The van der Waals surface area contributed by atoms with Gasteiger partial charge >= 0.3 is 0 Å². The SMILES string of the molecule is C=CCNC(=O)c1cccc(S(=O)(=O)N(CC=C)CC=C)c1. The van der Waals surface area contributed by atoms with Crippen molar-refractivity contribution < 1.29 is 13.2 Å². The Bertz CT molecular complexity index is 656. The minimum atomic E-state index is -3.71. The summed E-state index contributed by atoms with van der Waals surface area (Å²) >= 11 is 0. The molecule has 1 aromatic rings. The Hall–Kier alpha value is -2.18. The maximum Gasteiger partial charge on any atom is 0.251 e. The molecule has 0 radical (unpaired) electrons. The molecule has 22 heavy (non-hydrogen) atoms. The van der Waals surface area contributed by atoms with Crippen LogP contribution in [-0.2, 0) is 10.0 Å². The highest BCUT2D eigenvalue weighted by Gasteiger charge is 2.23. The van der Waals surface area contributed by atoms with Gasteiger partial charge in [0.05, 0.1) is 4.90 Å². The molecule has 0 aliphatic carbocycles. The fourth-order valence-corrected chi connectivity index (χ4v) is 3.20. The van der Waals surface area contributed by atoms with E-state index in [1.807, 2.05) is 0 Å². The van der Waals surface area contributed by atoms with Crippen molar-refractivity contribution in [2.75, 3.05) is 19.6 Å². The van der Waals surface area contributed by atoms with Crippen molar-refractivity contribution in [1.82, 2.24) is 9.62 Å². The van der Waals surface area contributed by atoms with Gasteiger partial charge in [0.25, 0.3) is 5.91 Å². The van der Waals surface area contributed by atoms with Crippen LogP contribution in [0, 0.1) is 0 Å². The van der Waals surface area contributed by atoms with E-state index in [2.05, 4.69) is 25.1 Å². The molecule has 1 rings (SSSR count). The maximum atomic E-state index is 12.6. The Balaban J connectivity index is 3.14. The second-order valence-corrected chi connectivity index (χ2v) is 6.36. The predicted octanol–water partition coefficient (Wildman–Crippen LogP) is 1.97. The lowest BCUT2D eigenvalue weighted by Gasteiger charge is -2.19. The van der Waals surface area contributed by atoms with Crippen LogP contribution in [0.2, 0.25) is 0 Å². The van der Waals surface area contributed by atoms with E-state index in [9.17, 15) is 13.2 Å². The molecule has 1 N–H and O–H groups in total. The first-order valence-electron chi connectivity index (χ1n) is 6.68. The third kappa shape index (κ3) is 4.41. The molecule has 0 spiro atoms. The molecule has 0 fully saturated rings. The molecule has 0 saturated carbocycles. The number of nitrogens with zero attached hydrogens (tertiary/aromatic N) is 1. The Kier molecular flexibility index (Phi) is 6.75. The maximum absolute atomic E-state index is 12.6. The standard InChI is InChI=1S/C16H20N2O3S/c1-4-10-17-16(19)14-8-7-9-15(13-14)22(20,21)18(11-5-2)12-6-3/h4-9,13H,1-3,10-12H2,(H,17,19). The van der Waals surface area contributed by atoms with E-state index in [0.717, 1.165) is 0 Å². The van der Waals surface area contributed by atoms with Gasteiger partial charge in [-0.25, -0.2) is 8.42 Å². The summed E-state index contributed by atoms with van der Waals surface area (Å²) in [6, 6.07) is 5.91. The van der Waals surface area contributed by atoms with E-state index >= 15 is 0 Å². The monoisotopic (exact) mass is 320 g/mol. The van der Waals surface area contributed by atoms with Crippen molar-refractivity contribution in [2.24, 2.45) is 0 Å². The fourth-order valence-electron chi connectivity index (χ4n) is 1.77. The van der Waals surface area contributed by atoms with Crippen molar-refractivity contribution in [3.63, 3.8) is 0 Å². The quantitative estimate of drug-likeness (QED) is 0.707. The summed E-state index contributed by atoms with van der Waals surface area (Å²) in [5.41, 5.74) is 0.278. The van der Waals surface area contributed by atoms with Crippen molar-refractivity contribution in [2.45, 2.75) is 4.90 Å². The molecular weight excluding hydrogens is 300 g/mol. The molecule has 0 unspecified atom stereocenters. The van der Waals surface area contributed by atoms with Crippen LogP contribution in [-0.4, -0.2) is 38.3 Å². The lowest BCUT2D eigenvalue weighted by atomic mass is 10.2. The zero-order chi connectivity index (χ0) is 16.6. The Morgan fingerprint density at radius 3 is 2.32 bits per heavy atom. The Morgan fingerprint density at radius 1 is 1.14 bits per heavy atom. The summed E-state index contributed by atoms with van der Waals surface area (Å²) in [6.07, 6.45) is 4.55. The van der Waals surface area contributed by atoms with Crippen LogP contribution in [0.3, 0.4) is 0 Å². The third-order valence-corrected chi connectivity index (χ3v) is 4.63. The number of hydrogen-bond donors (Lipinski definition) is 1. The van der Waals surface area contributed by atoms with E-state index < -0.39 is 10.0 Å². The Morgan fingerprint density at radius 2 is 1.77 bits per heavy atom. The van der Waals surface area contributed by atoms with E-state index in [-0.39, 0.29) is 29.5 Å². The first-order valence-corrected chi connectivity index (χ1v) is 8.12. The van der Waals surface area contributed by atoms with Crippen molar-refractivity contribution in [3.05, 3.63) is 67.8 Å². The van der Waals surface area contributed by atoms with Crippen LogP contribution in [0.4, 0.5) is 0 Å². The van der Waals surface area contributed by atoms with Crippen molar-refractivity contribution in [1.29, 1.82) is 0 Å². The Labute approximate surface area is 131 Å². The molecule has 1 aromatic carbocycles. The smallest absolute Gasteiger partial charge is 0.251 e. The summed E-state index contributed by atoms with van der Waals surface area (Å²) < 4.78 is 26.4. The molecule has 1 amide bonds. The zero-order valence-corrected chi connectivity index (χ0v) is 13.2. The van der Waals surface area contributed by atoms with Gasteiger partial charge in [0.2, 0.25) is 10.0 Å². The van der Waals surface area contributed by atoms with Crippen LogP contribution in [0.25, 0.3) is 0 Å². The summed E-state index contributed by atoms with van der Waals surface area (Å²) in [5.74, 6) is -0.351. The number of carbonyl (C=O) groups excluding carboxylic acids is 1. The van der Waals surface area contributed by atoms with Crippen LogP contribution in [0.5, 0.6) is 0 Å². The number of hydrogen-bond acceptors (Lipinski definition) is 3. The van der Waals surface area contributed by atoms with Gasteiger partial charge in [-0.1, -0.05) is 24.3 Å². The van der Waals surface area contributed by atoms with E-state index in [1.54, 1.807) is 12.1 Å². The molecule has 0 aliphatic rings. The molecular formula is C16H20N2O3S. The highest BCUT2D eigenvalue weighted by Crippen LogP contribution is 2.17. The second kappa shape index (κ2) is 8.31. The number of sulfonamides is 1. The largest absolute Gasteiger partial charge is 0.349 e. The van der Waals surface area contributed by atoms with Crippen LogP contribution in [0.1, 0.15) is 10.4 Å². The molecule has 118 valence electrons. The van der Waals surface area contributed by atoms with Gasteiger partial charge in [-0.2, -0.15) is 4.31 Å². The molecule has 0 heterocycles. The van der Waals surface area contributed by atoms with Gasteiger partial charge in [0, 0.05) is 25.2 Å². The van der Waals surface area contributed by atoms with E-state index in [0.29, 0.717) is 6.54 Å². The highest BCUT2D eigenvalue weighted by molar-refractivity contribution is 7.89. The molecule has 0 aromatic heterocycles. The summed E-state index contributed by atoms with van der Waals surface area (Å²) in [6.45, 7) is 11.3. The number of amides is 1. The van der Waals surface area contributed by atoms with Gasteiger partial charge < -0.3 is 5.32 Å². The lowest BCUT2D eigenvalue weighted by molar-refractivity contribution is 0.0958. The van der Waals surface area contributed by atoms with Gasteiger partial charge in [-0.15, -0.1) is 19.7 Å². The lowest BCUT2D eigenvalue weighted by Crippen LogP contribution is -2.31. The first-order chi connectivity index (χ1) is 10.5.